The van der Waals surface area contributed by atoms with E-state index in [1.807, 2.05) is 0 Å². The van der Waals surface area contributed by atoms with Gasteiger partial charge in [-0.15, -0.1) is 0 Å². The minimum Gasteiger partial charge on any atom is -0.468 e. The van der Waals surface area contributed by atoms with E-state index in [0.29, 0.717) is 0 Å². The molecule has 0 aromatic rings. The van der Waals surface area contributed by atoms with Crippen LogP contribution >= 0.6 is 0 Å². The van der Waals surface area contributed by atoms with Gasteiger partial charge in [0.15, 0.2) is 0 Å². The van der Waals surface area contributed by atoms with Crippen molar-refractivity contribution >= 4 is 5.97 Å². The molecule has 1 N–H and O–H groups in total. The lowest BCUT2D eigenvalue weighted by Gasteiger charge is -2.47. The predicted octanol–water partition coefficient (Wildman–Crippen LogP) is 1.79. The Bertz CT molecular complexity index is 293. The van der Waals surface area contributed by atoms with Crippen molar-refractivity contribution in [1.82, 2.24) is 10.2 Å². The lowest BCUT2D eigenvalue weighted by molar-refractivity contribution is -0.159. The van der Waals surface area contributed by atoms with Crippen LogP contribution in [0.15, 0.2) is 0 Å². The van der Waals surface area contributed by atoms with E-state index in [0.717, 1.165) is 44.9 Å². The first-order valence-corrected chi connectivity index (χ1v) is 7.77. The Morgan fingerprint density at radius 3 is 2.47 bits per heavy atom. The SMILES string of the molecule is CCCC1CCC(C(=O)OC)(N2CCNCC2)CC1. The highest BCUT2D eigenvalue weighted by Crippen LogP contribution is 2.39. The molecule has 0 radical (unpaired) electrons. The number of carbonyl (C=O) groups is 1. The summed E-state index contributed by atoms with van der Waals surface area (Å²) in [5, 5.41) is 3.36. The molecule has 1 aliphatic heterocycles. The molecule has 19 heavy (non-hydrogen) atoms. The summed E-state index contributed by atoms with van der Waals surface area (Å²) in [6.07, 6.45) is 6.86. The van der Waals surface area contributed by atoms with Gasteiger partial charge < -0.3 is 10.1 Å². The molecule has 2 aliphatic rings. The molecule has 0 unspecified atom stereocenters. The first-order chi connectivity index (χ1) is 9.23. The van der Waals surface area contributed by atoms with E-state index >= 15 is 0 Å². The molecule has 2 rings (SSSR count). The van der Waals surface area contributed by atoms with E-state index in [1.165, 1.54) is 32.8 Å². The second-order valence-corrected chi connectivity index (χ2v) is 5.99. The van der Waals surface area contributed by atoms with Gasteiger partial charge in [0.1, 0.15) is 5.54 Å². The van der Waals surface area contributed by atoms with Crippen LogP contribution in [-0.2, 0) is 9.53 Å². The van der Waals surface area contributed by atoms with E-state index in [-0.39, 0.29) is 11.5 Å². The standard InChI is InChI=1S/C15H28N2O2/c1-3-4-13-5-7-15(8-6-13,14(18)19-2)17-11-9-16-10-12-17/h13,16H,3-12H2,1-2H3. The molecule has 0 aromatic carbocycles. The molecule has 0 atom stereocenters. The molecular formula is C15H28N2O2. The van der Waals surface area contributed by atoms with Crippen molar-refractivity contribution in [2.24, 2.45) is 5.92 Å². The first kappa shape index (κ1) is 14.8. The monoisotopic (exact) mass is 268 g/mol. The molecular weight excluding hydrogens is 240 g/mol. The quantitative estimate of drug-likeness (QED) is 0.789. The Morgan fingerprint density at radius 2 is 1.95 bits per heavy atom. The lowest BCUT2D eigenvalue weighted by atomic mass is 9.74. The zero-order valence-electron chi connectivity index (χ0n) is 12.4. The topological polar surface area (TPSA) is 41.6 Å². The fourth-order valence-electron chi connectivity index (χ4n) is 3.78. The fourth-order valence-corrected chi connectivity index (χ4v) is 3.78. The van der Waals surface area contributed by atoms with Crippen molar-refractivity contribution in [2.45, 2.75) is 51.0 Å². The van der Waals surface area contributed by atoms with Crippen LogP contribution in [0.25, 0.3) is 0 Å². The van der Waals surface area contributed by atoms with Crippen molar-refractivity contribution in [3.63, 3.8) is 0 Å². The fraction of sp³-hybridized carbons (Fsp3) is 0.933. The Labute approximate surface area is 116 Å². The summed E-state index contributed by atoms with van der Waals surface area (Å²) in [5.41, 5.74) is -0.332. The molecule has 0 aromatic heterocycles. The maximum atomic E-state index is 12.4. The summed E-state index contributed by atoms with van der Waals surface area (Å²) in [6.45, 7) is 6.15. The molecule has 1 aliphatic carbocycles. The normalized spacial score (nSPS) is 33.1. The van der Waals surface area contributed by atoms with Crippen molar-refractivity contribution in [1.29, 1.82) is 0 Å². The number of nitrogens with one attached hydrogen (secondary N) is 1. The van der Waals surface area contributed by atoms with Gasteiger partial charge in [0.05, 0.1) is 7.11 Å². The number of rotatable bonds is 4. The molecule has 2 fully saturated rings. The summed E-state index contributed by atoms with van der Waals surface area (Å²) in [6, 6.07) is 0. The second kappa shape index (κ2) is 6.71. The van der Waals surface area contributed by atoms with Gasteiger partial charge in [0.25, 0.3) is 0 Å². The number of esters is 1. The van der Waals surface area contributed by atoms with Crippen molar-refractivity contribution < 1.29 is 9.53 Å². The van der Waals surface area contributed by atoms with Gasteiger partial charge in [0.2, 0.25) is 0 Å². The smallest absolute Gasteiger partial charge is 0.326 e. The molecule has 0 bridgehead atoms. The minimum atomic E-state index is -0.332. The van der Waals surface area contributed by atoms with Crippen LogP contribution in [0.4, 0.5) is 0 Å². The van der Waals surface area contributed by atoms with E-state index < -0.39 is 0 Å². The summed E-state index contributed by atoms with van der Waals surface area (Å²) in [7, 11) is 1.53. The van der Waals surface area contributed by atoms with Crippen LogP contribution in [-0.4, -0.2) is 49.7 Å². The Morgan fingerprint density at radius 1 is 1.32 bits per heavy atom. The number of hydrogen-bond donors (Lipinski definition) is 1. The highest BCUT2D eigenvalue weighted by Gasteiger charge is 2.47. The highest BCUT2D eigenvalue weighted by atomic mass is 16.5. The number of methoxy groups -OCH3 is 1. The Balaban J connectivity index is 2.06. The summed E-state index contributed by atoms with van der Waals surface area (Å²) < 4.78 is 5.14. The number of nitrogens with zero attached hydrogens (tertiary/aromatic N) is 1. The molecule has 0 spiro atoms. The lowest BCUT2D eigenvalue weighted by Crippen LogP contribution is -2.61. The summed E-state index contributed by atoms with van der Waals surface area (Å²) in [4.78, 5) is 14.7. The third-order valence-electron chi connectivity index (χ3n) is 4.92. The number of piperazine rings is 1. The third-order valence-corrected chi connectivity index (χ3v) is 4.92. The summed E-state index contributed by atoms with van der Waals surface area (Å²) in [5.74, 6) is 0.801. The van der Waals surface area contributed by atoms with Crippen molar-refractivity contribution in [2.75, 3.05) is 33.3 Å². The molecule has 0 amide bonds. The van der Waals surface area contributed by atoms with Gasteiger partial charge in [-0.3, -0.25) is 9.69 Å². The zero-order valence-corrected chi connectivity index (χ0v) is 12.4. The van der Waals surface area contributed by atoms with Crippen LogP contribution < -0.4 is 5.32 Å². The molecule has 1 heterocycles. The van der Waals surface area contributed by atoms with Crippen LogP contribution in [0.2, 0.25) is 0 Å². The van der Waals surface area contributed by atoms with Gasteiger partial charge in [-0.25, -0.2) is 0 Å². The van der Waals surface area contributed by atoms with E-state index in [1.54, 1.807) is 0 Å². The maximum absolute atomic E-state index is 12.4. The largest absolute Gasteiger partial charge is 0.468 e. The van der Waals surface area contributed by atoms with E-state index in [9.17, 15) is 4.79 Å². The van der Waals surface area contributed by atoms with Crippen molar-refractivity contribution in [3.05, 3.63) is 0 Å². The number of carbonyl (C=O) groups excluding carboxylic acids is 1. The van der Waals surface area contributed by atoms with Gasteiger partial charge in [-0.1, -0.05) is 19.8 Å². The molecule has 4 heteroatoms. The third kappa shape index (κ3) is 3.11. The van der Waals surface area contributed by atoms with Gasteiger partial charge in [-0.2, -0.15) is 0 Å². The Kier molecular flexibility index (Phi) is 5.22. The minimum absolute atomic E-state index is 0.00986. The molecule has 1 saturated carbocycles. The van der Waals surface area contributed by atoms with Crippen LogP contribution in [0.1, 0.15) is 45.4 Å². The predicted molar refractivity (Wildman–Crippen MR) is 76.1 cm³/mol. The maximum Gasteiger partial charge on any atom is 0.326 e. The van der Waals surface area contributed by atoms with E-state index in [2.05, 4.69) is 17.1 Å². The average molecular weight is 268 g/mol. The first-order valence-electron chi connectivity index (χ1n) is 7.77. The zero-order chi connectivity index (χ0) is 13.7. The van der Waals surface area contributed by atoms with Crippen LogP contribution in [0.5, 0.6) is 0 Å². The van der Waals surface area contributed by atoms with Crippen molar-refractivity contribution in [3.8, 4) is 0 Å². The molecule has 4 nitrogen and oxygen atoms in total. The van der Waals surface area contributed by atoms with Gasteiger partial charge in [0, 0.05) is 26.2 Å². The number of ether oxygens (including phenoxy) is 1. The highest BCUT2D eigenvalue weighted by molar-refractivity contribution is 5.81. The van der Waals surface area contributed by atoms with Crippen LogP contribution in [0, 0.1) is 5.92 Å². The number of hydrogen-bond acceptors (Lipinski definition) is 4. The molecule has 110 valence electrons. The Hall–Kier alpha value is -0.610. The molecule has 1 saturated heterocycles. The summed E-state index contributed by atoms with van der Waals surface area (Å²) >= 11 is 0. The van der Waals surface area contributed by atoms with E-state index in [4.69, 9.17) is 4.74 Å². The van der Waals surface area contributed by atoms with Crippen LogP contribution in [0.3, 0.4) is 0 Å². The van der Waals surface area contributed by atoms with Gasteiger partial charge in [-0.05, 0) is 31.6 Å². The van der Waals surface area contributed by atoms with Gasteiger partial charge >= 0.3 is 5.97 Å². The second-order valence-electron chi connectivity index (χ2n) is 5.99. The average Bonchev–Trinajstić information content (AvgIpc) is 2.48.